The van der Waals surface area contributed by atoms with Gasteiger partial charge in [0.25, 0.3) is 0 Å². The standard InChI is InChI=1S/C18H19F3N8O2/c19-18(20,21)31-14-9-11(22)13(28-5-7-30-8-6-28)10-12(14)25-17-26-16(23)29(27-17)15-3-1-2-4-24-15/h1-4,9-10H,5-8,22H2,(H3,23,25,26,27). The van der Waals surface area contributed by atoms with Crippen LogP contribution in [-0.4, -0.2) is 52.4 Å². The van der Waals surface area contributed by atoms with E-state index in [-0.39, 0.29) is 23.3 Å². The molecule has 1 fully saturated rings. The molecule has 0 spiro atoms. The average Bonchev–Trinajstić information content (AvgIpc) is 3.10. The van der Waals surface area contributed by atoms with Crippen LogP contribution in [0, 0.1) is 0 Å². The van der Waals surface area contributed by atoms with E-state index >= 15 is 0 Å². The molecule has 1 aliphatic heterocycles. The third-order valence-electron chi connectivity index (χ3n) is 4.45. The first kappa shape index (κ1) is 20.5. The summed E-state index contributed by atoms with van der Waals surface area (Å²) in [6.07, 6.45) is -3.36. The topological polar surface area (TPSA) is 129 Å². The number of benzene rings is 1. The Morgan fingerprint density at radius 1 is 1.13 bits per heavy atom. The first-order valence-corrected chi connectivity index (χ1v) is 9.23. The van der Waals surface area contributed by atoms with Crippen LogP contribution in [0.25, 0.3) is 5.82 Å². The van der Waals surface area contributed by atoms with Gasteiger partial charge >= 0.3 is 6.36 Å². The number of nitrogens with zero attached hydrogens (tertiary/aromatic N) is 5. The van der Waals surface area contributed by atoms with E-state index < -0.39 is 12.1 Å². The number of nitrogen functional groups attached to an aromatic ring is 2. The van der Waals surface area contributed by atoms with Gasteiger partial charge in [0.15, 0.2) is 11.6 Å². The molecule has 0 atom stereocenters. The monoisotopic (exact) mass is 436 g/mol. The number of alkyl halides is 3. The van der Waals surface area contributed by atoms with E-state index in [1.807, 2.05) is 4.90 Å². The Morgan fingerprint density at radius 2 is 1.90 bits per heavy atom. The molecule has 5 N–H and O–H groups in total. The van der Waals surface area contributed by atoms with Gasteiger partial charge in [0.2, 0.25) is 11.9 Å². The maximum Gasteiger partial charge on any atom is 0.573 e. The molecular weight excluding hydrogens is 417 g/mol. The van der Waals surface area contributed by atoms with Crippen LogP contribution in [0.2, 0.25) is 0 Å². The van der Waals surface area contributed by atoms with Gasteiger partial charge in [-0.15, -0.1) is 18.3 Å². The molecule has 1 aromatic carbocycles. The fraction of sp³-hybridized carbons (Fsp3) is 0.278. The predicted octanol–water partition coefficient (Wildman–Crippen LogP) is 2.31. The third-order valence-corrected chi connectivity index (χ3v) is 4.45. The number of morpholine rings is 1. The van der Waals surface area contributed by atoms with Gasteiger partial charge in [0.1, 0.15) is 0 Å². The van der Waals surface area contributed by atoms with Crippen molar-refractivity contribution in [2.24, 2.45) is 0 Å². The molecule has 0 radical (unpaired) electrons. The summed E-state index contributed by atoms with van der Waals surface area (Å²) in [7, 11) is 0. The van der Waals surface area contributed by atoms with Crippen LogP contribution in [-0.2, 0) is 4.74 Å². The molecule has 0 amide bonds. The third kappa shape index (κ3) is 4.71. The van der Waals surface area contributed by atoms with E-state index in [2.05, 4.69) is 25.1 Å². The quantitative estimate of drug-likeness (QED) is 0.516. The van der Waals surface area contributed by atoms with Crippen molar-refractivity contribution in [1.82, 2.24) is 19.7 Å². The lowest BCUT2D eigenvalue weighted by atomic mass is 10.2. The Kier molecular flexibility index (Phi) is 5.42. The molecule has 1 aliphatic rings. The van der Waals surface area contributed by atoms with Crippen molar-refractivity contribution in [2.45, 2.75) is 6.36 Å². The number of hydrogen-bond donors (Lipinski definition) is 3. The van der Waals surface area contributed by atoms with Crippen LogP contribution in [0.1, 0.15) is 0 Å². The second-order valence-corrected chi connectivity index (χ2v) is 6.57. The number of aromatic nitrogens is 4. The van der Waals surface area contributed by atoms with E-state index in [1.165, 1.54) is 10.7 Å². The van der Waals surface area contributed by atoms with Crippen molar-refractivity contribution in [2.75, 3.05) is 48.0 Å². The zero-order chi connectivity index (χ0) is 22.0. The van der Waals surface area contributed by atoms with Crippen LogP contribution in [0.3, 0.4) is 0 Å². The molecule has 2 aromatic heterocycles. The van der Waals surface area contributed by atoms with Gasteiger partial charge in [-0.05, 0) is 18.2 Å². The predicted molar refractivity (Wildman–Crippen MR) is 107 cm³/mol. The summed E-state index contributed by atoms with van der Waals surface area (Å²) in [6.45, 7) is 2.05. The van der Waals surface area contributed by atoms with Crippen molar-refractivity contribution in [3.63, 3.8) is 0 Å². The number of anilines is 5. The SMILES string of the molecule is Nc1cc(OC(F)(F)F)c(Nc2nc(N)n(-c3ccccn3)n2)cc1N1CCOCC1. The Bertz CT molecular complexity index is 1050. The molecule has 31 heavy (non-hydrogen) atoms. The van der Waals surface area contributed by atoms with E-state index in [0.717, 1.165) is 6.07 Å². The molecule has 4 rings (SSSR count). The highest BCUT2D eigenvalue weighted by Gasteiger charge is 2.33. The van der Waals surface area contributed by atoms with E-state index in [9.17, 15) is 13.2 Å². The van der Waals surface area contributed by atoms with Gasteiger partial charge in [-0.25, -0.2) is 4.98 Å². The summed E-state index contributed by atoms with van der Waals surface area (Å²) in [5.74, 6) is -0.149. The molecule has 3 aromatic rings. The van der Waals surface area contributed by atoms with Gasteiger partial charge in [-0.2, -0.15) is 9.67 Å². The minimum absolute atomic E-state index is 0.00309. The van der Waals surface area contributed by atoms with Crippen LogP contribution < -0.4 is 26.4 Å². The average molecular weight is 436 g/mol. The Hall–Kier alpha value is -3.74. The van der Waals surface area contributed by atoms with Crippen molar-refractivity contribution in [3.8, 4) is 11.6 Å². The maximum absolute atomic E-state index is 13.0. The molecular formula is C18H19F3N8O2. The lowest BCUT2D eigenvalue weighted by molar-refractivity contribution is -0.274. The molecule has 0 saturated carbocycles. The largest absolute Gasteiger partial charge is 0.573 e. The molecule has 0 bridgehead atoms. The molecule has 1 saturated heterocycles. The molecule has 164 valence electrons. The maximum atomic E-state index is 13.0. The van der Waals surface area contributed by atoms with Crippen molar-refractivity contribution in [1.29, 1.82) is 0 Å². The van der Waals surface area contributed by atoms with Gasteiger partial charge in [-0.3, -0.25) is 0 Å². The first-order chi connectivity index (χ1) is 14.8. The number of ether oxygens (including phenoxy) is 2. The van der Waals surface area contributed by atoms with Crippen LogP contribution in [0.4, 0.5) is 42.1 Å². The van der Waals surface area contributed by atoms with Gasteiger partial charge in [0.05, 0.1) is 30.3 Å². The summed E-state index contributed by atoms with van der Waals surface area (Å²) in [4.78, 5) is 10.1. The molecule has 13 heteroatoms. The smallest absolute Gasteiger partial charge is 0.403 e. The van der Waals surface area contributed by atoms with E-state index in [4.69, 9.17) is 16.2 Å². The second-order valence-electron chi connectivity index (χ2n) is 6.57. The number of rotatable bonds is 5. The number of hydrogen-bond acceptors (Lipinski definition) is 9. The zero-order valence-electron chi connectivity index (χ0n) is 16.1. The van der Waals surface area contributed by atoms with Crippen molar-refractivity contribution < 1.29 is 22.6 Å². The molecule has 10 nitrogen and oxygen atoms in total. The van der Waals surface area contributed by atoms with Crippen LogP contribution in [0.5, 0.6) is 5.75 Å². The lowest BCUT2D eigenvalue weighted by Crippen LogP contribution is -2.36. The Balaban J connectivity index is 1.70. The van der Waals surface area contributed by atoms with Gasteiger partial charge in [-0.1, -0.05) is 6.07 Å². The normalized spacial score (nSPS) is 14.5. The van der Waals surface area contributed by atoms with Gasteiger partial charge in [0, 0.05) is 25.4 Å². The minimum Gasteiger partial charge on any atom is -0.403 e. The molecule has 0 unspecified atom stereocenters. The van der Waals surface area contributed by atoms with E-state index in [1.54, 1.807) is 24.4 Å². The summed E-state index contributed by atoms with van der Waals surface area (Å²) >= 11 is 0. The minimum atomic E-state index is -4.91. The van der Waals surface area contributed by atoms with Gasteiger partial charge < -0.3 is 31.2 Å². The number of halogens is 3. The Morgan fingerprint density at radius 3 is 2.58 bits per heavy atom. The fourth-order valence-electron chi connectivity index (χ4n) is 3.11. The fourth-order valence-corrected chi connectivity index (χ4v) is 3.11. The highest BCUT2D eigenvalue weighted by Crippen LogP contribution is 2.39. The zero-order valence-corrected chi connectivity index (χ0v) is 16.1. The van der Waals surface area contributed by atoms with Crippen LogP contribution in [0.15, 0.2) is 36.5 Å². The van der Waals surface area contributed by atoms with Crippen LogP contribution >= 0.6 is 0 Å². The van der Waals surface area contributed by atoms with Crippen molar-refractivity contribution in [3.05, 3.63) is 36.5 Å². The Labute approximate surface area is 174 Å². The summed E-state index contributed by atoms with van der Waals surface area (Å²) in [6, 6.07) is 7.68. The van der Waals surface area contributed by atoms with Crippen molar-refractivity contribution >= 4 is 29.0 Å². The number of pyridine rings is 1. The summed E-state index contributed by atoms with van der Waals surface area (Å²) in [5, 5.41) is 6.93. The highest BCUT2D eigenvalue weighted by molar-refractivity contribution is 5.79. The number of nitrogens with two attached hydrogens (primary N) is 2. The summed E-state index contributed by atoms with van der Waals surface area (Å²) < 4.78 is 49.6. The lowest BCUT2D eigenvalue weighted by Gasteiger charge is -2.30. The highest BCUT2D eigenvalue weighted by atomic mass is 19.4. The second kappa shape index (κ2) is 8.18. The van der Waals surface area contributed by atoms with E-state index in [0.29, 0.717) is 37.8 Å². The molecule has 3 heterocycles. The first-order valence-electron chi connectivity index (χ1n) is 9.23. The number of nitrogens with one attached hydrogen (secondary N) is 1. The molecule has 0 aliphatic carbocycles. The summed E-state index contributed by atoms with van der Waals surface area (Å²) in [5.41, 5.74) is 12.6.